The number of nitrogens with zero attached hydrogens (tertiary/aromatic N) is 2. The summed E-state index contributed by atoms with van der Waals surface area (Å²) in [5, 5.41) is 20.6. The van der Waals surface area contributed by atoms with Crippen LogP contribution in [-0.2, 0) is 11.2 Å². The maximum absolute atomic E-state index is 11.8. The van der Waals surface area contributed by atoms with Gasteiger partial charge in [0.15, 0.2) is 5.69 Å². The number of carbonyl (C=O) groups is 2. The molecule has 2 heterocycles. The Morgan fingerprint density at radius 1 is 1.20 bits per heavy atom. The van der Waals surface area contributed by atoms with Gasteiger partial charge in [0.1, 0.15) is 5.75 Å². The SMILES string of the molecule is O=C(O)Cc1ccc(NC(=O)c2ncccc2O)cn1. The first-order valence-corrected chi connectivity index (χ1v) is 5.68. The lowest BCUT2D eigenvalue weighted by Gasteiger charge is -2.06. The van der Waals surface area contributed by atoms with Gasteiger partial charge in [-0.25, -0.2) is 4.98 Å². The van der Waals surface area contributed by atoms with Gasteiger partial charge in [-0.3, -0.25) is 14.6 Å². The largest absolute Gasteiger partial charge is 0.505 e. The van der Waals surface area contributed by atoms with Crippen LogP contribution in [0.5, 0.6) is 5.75 Å². The smallest absolute Gasteiger partial charge is 0.309 e. The van der Waals surface area contributed by atoms with Gasteiger partial charge in [-0.1, -0.05) is 0 Å². The topological polar surface area (TPSA) is 112 Å². The second kappa shape index (κ2) is 5.79. The lowest BCUT2D eigenvalue weighted by atomic mass is 10.2. The molecule has 0 spiro atoms. The molecule has 7 heteroatoms. The highest BCUT2D eigenvalue weighted by Gasteiger charge is 2.12. The molecule has 102 valence electrons. The third-order valence-corrected chi connectivity index (χ3v) is 2.42. The highest BCUT2D eigenvalue weighted by atomic mass is 16.4. The minimum absolute atomic E-state index is 0.0953. The molecular formula is C13H11N3O4. The molecule has 0 bridgehead atoms. The van der Waals surface area contributed by atoms with E-state index in [1.54, 1.807) is 0 Å². The zero-order valence-electron chi connectivity index (χ0n) is 10.3. The Kier molecular flexibility index (Phi) is 3.90. The third kappa shape index (κ3) is 3.29. The number of carboxylic acid groups (broad SMARTS) is 1. The van der Waals surface area contributed by atoms with Crippen LogP contribution in [0.15, 0.2) is 36.7 Å². The average Bonchev–Trinajstić information content (AvgIpc) is 2.41. The molecule has 2 aromatic heterocycles. The zero-order valence-corrected chi connectivity index (χ0v) is 10.3. The molecule has 0 radical (unpaired) electrons. The number of amides is 1. The van der Waals surface area contributed by atoms with Crippen LogP contribution in [0.2, 0.25) is 0 Å². The minimum atomic E-state index is -0.979. The molecule has 0 aliphatic heterocycles. The Labute approximate surface area is 113 Å². The van der Waals surface area contributed by atoms with Gasteiger partial charge < -0.3 is 15.5 Å². The number of carbonyl (C=O) groups excluding carboxylic acids is 1. The Morgan fingerprint density at radius 3 is 2.60 bits per heavy atom. The first-order chi connectivity index (χ1) is 9.56. The first kappa shape index (κ1) is 13.5. The molecule has 7 nitrogen and oxygen atoms in total. The van der Waals surface area contributed by atoms with Gasteiger partial charge >= 0.3 is 5.97 Å². The molecule has 20 heavy (non-hydrogen) atoms. The number of aromatic hydroxyl groups is 1. The van der Waals surface area contributed by atoms with Crippen LogP contribution >= 0.6 is 0 Å². The molecular weight excluding hydrogens is 262 g/mol. The summed E-state index contributed by atoms with van der Waals surface area (Å²) in [5.41, 5.74) is 0.674. The number of anilines is 1. The van der Waals surface area contributed by atoms with Gasteiger partial charge in [0, 0.05) is 6.20 Å². The van der Waals surface area contributed by atoms with Crippen LogP contribution < -0.4 is 5.32 Å². The number of aromatic nitrogens is 2. The summed E-state index contributed by atoms with van der Waals surface area (Å²) in [7, 11) is 0. The van der Waals surface area contributed by atoms with E-state index in [1.165, 1.54) is 36.7 Å². The Balaban J connectivity index is 2.09. The van der Waals surface area contributed by atoms with Crippen LogP contribution in [0.1, 0.15) is 16.2 Å². The average molecular weight is 273 g/mol. The Hall–Kier alpha value is -2.96. The molecule has 2 aromatic rings. The lowest BCUT2D eigenvalue weighted by Crippen LogP contribution is -2.14. The van der Waals surface area contributed by atoms with E-state index in [9.17, 15) is 14.7 Å². The van der Waals surface area contributed by atoms with E-state index in [0.717, 1.165) is 0 Å². The summed E-state index contributed by atoms with van der Waals surface area (Å²) in [6, 6.07) is 5.90. The van der Waals surface area contributed by atoms with Crippen molar-refractivity contribution in [3.8, 4) is 5.75 Å². The fourth-order valence-corrected chi connectivity index (χ4v) is 1.52. The van der Waals surface area contributed by atoms with Crippen LogP contribution in [0, 0.1) is 0 Å². The third-order valence-electron chi connectivity index (χ3n) is 2.42. The summed E-state index contributed by atoms with van der Waals surface area (Å²) in [5.74, 6) is -1.77. The van der Waals surface area contributed by atoms with Gasteiger partial charge in [-0.05, 0) is 24.3 Å². The van der Waals surface area contributed by atoms with Crippen molar-refractivity contribution in [2.24, 2.45) is 0 Å². The number of nitrogens with one attached hydrogen (secondary N) is 1. The zero-order chi connectivity index (χ0) is 14.5. The molecule has 0 fully saturated rings. The van der Waals surface area contributed by atoms with Crippen LogP contribution in [0.4, 0.5) is 5.69 Å². The van der Waals surface area contributed by atoms with E-state index in [2.05, 4.69) is 15.3 Å². The van der Waals surface area contributed by atoms with Crippen molar-refractivity contribution in [2.45, 2.75) is 6.42 Å². The van der Waals surface area contributed by atoms with E-state index in [1.807, 2.05) is 0 Å². The van der Waals surface area contributed by atoms with E-state index < -0.39 is 11.9 Å². The van der Waals surface area contributed by atoms with Crippen molar-refractivity contribution in [1.82, 2.24) is 9.97 Å². The number of carboxylic acids is 1. The molecule has 1 amide bonds. The summed E-state index contributed by atoms with van der Waals surface area (Å²) < 4.78 is 0. The standard InChI is InChI=1S/C13H11N3O4/c17-10-2-1-5-14-12(10)13(20)16-9-4-3-8(15-7-9)6-11(18)19/h1-5,7,17H,6H2,(H,16,20)(H,18,19). The minimum Gasteiger partial charge on any atom is -0.505 e. The maximum Gasteiger partial charge on any atom is 0.309 e. The molecule has 0 unspecified atom stereocenters. The van der Waals surface area contributed by atoms with Gasteiger partial charge in [-0.2, -0.15) is 0 Å². The van der Waals surface area contributed by atoms with Crippen molar-refractivity contribution in [3.05, 3.63) is 48.0 Å². The molecule has 0 saturated carbocycles. The van der Waals surface area contributed by atoms with Gasteiger partial charge in [0.25, 0.3) is 5.91 Å². The lowest BCUT2D eigenvalue weighted by molar-refractivity contribution is -0.136. The van der Waals surface area contributed by atoms with Crippen molar-refractivity contribution in [3.63, 3.8) is 0 Å². The van der Waals surface area contributed by atoms with E-state index >= 15 is 0 Å². The number of rotatable bonds is 4. The molecule has 3 N–H and O–H groups in total. The van der Waals surface area contributed by atoms with Gasteiger partial charge in [0.2, 0.25) is 0 Å². The van der Waals surface area contributed by atoms with Gasteiger partial charge in [-0.15, -0.1) is 0 Å². The van der Waals surface area contributed by atoms with Crippen LogP contribution in [0.25, 0.3) is 0 Å². The van der Waals surface area contributed by atoms with E-state index in [-0.39, 0.29) is 17.9 Å². The van der Waals surface area contributed by atoms with E-state index in [4.69, 9.17) is 5.11 Å². The highest BCUT2D eigenvalue weighted by Crippen LogP contribution is 2.15. The van der Waals surface area contributed by atoms with Crippen molar-refractivity contribution in [1.29, 1.82) is 0 Å². The monoisotopic (exact) mass is 273 g/mol. The first-order valence-electron chi connectivity index (χ1n) is 5.68. The predicted octanol–water partition coefficient (Wildman–Crippen LogP) is 1.06. The predicted molar refractivity (Wildman–Crippen MR) is 69.4 cm³/mol. The number of hydrogen-bond acceptors (Lipinski definition) is 5. The normalized spacial score (nSPS) is 10.0. The Morgan fingerprint density at radius 2 is 2.00 bits per heavy atom. The summed E-state index contributed by atoms with van der Waals surface area (Å²) >= 11 is 0. The van der Waals surface area contributed by atoms with Crippen molar-refractivity contribution >= 4 is 17.6 Å². The second-order valence-corrected chi connectivity index (χ2v) is 3.93. The molecule has 0 aliphatic rings. The highest BCUT2D eigenvalue weighted by molar-refractivity contribution is 6.04. The summed E-state index contributed by atoms with van der Waals surface area (Å²) in [6.45, 7) is 0. The van der Waals surface area contributed by atoms with Crippen LogP contribution in [-0.4, -0.2) is 32.1 Å². The number of aliphatic carboxylic acids is 1. The molecule has 0 aliphatic carbocycles. The number of hydrogen-bond donors (Lipinski definition) is 3. The van der Waals surface area contributed by atoms with Crippen LogP contribution in [0.3, 0.4) is 0 Å². The molecule has 0 aromatic carbocycles. The summed E-state index contributed by atoms with van der Waals surface area (Å²) in [6.07, 6.45) is 2.55. The maximum atomic E-state index is 11.8. The summed E-state index contributed by atoms with van der Waals surface area (Å²) in [4.78, 5) is 30.0. The van der Waals surface area contributed by atoms with Gasteiger partial charge in [0.05, 0.1) is 24.0 Å². The fourth-order valence-electron chi connectivity index (χ4n) is 1.52. The molecule has 0 saturated heterocycles. The molecule has 0 atom stereocenters. The molecule has 2 rings (SSSR count). The van der Waals surface area contributed by atoms with Crippen molar-refractivity contribution in [2.75, 3.05) is 5.32 Å². The Bertz CT molecular complexity index is 640. The fraction of sp³-hybridized carbons (Fsp3) is 0.0769. The van der Waals surface area contributed by atoms with Crippen molar-refractivity contribution < 1.29 is 19.8 Å². The number of pyridine rings is 2. The second-order valence-electron chi connectivity index (χ2n) is 3.93. The quantitative estimate of drug-likeness (QED) is 0.767. The van der Waals surface area contributed by atoms with E-state index in [0.29, 0.717) is 11.4 Å².